The first kappa shape index (κ1) is 17.3. The van der Waals surface area contributed by atoms with Crippen molar-refractivity contribution >= 4 is 40.8 Å². The van der Waals surface area contributed by atoms with E-state index in [0.29, 0.717) is 21.3 Å². The number of nitrogens with one attached hydrogen (secondary N) is 1. The van der Waals surface area contributed by atoms with Crippen LogP contribution in [-0.4, -0.2) is 18.0 Å². The number of ether oxygens (including phenoxy) is 1. The zero-order chi connectivity index (χ0) is 17.0. The molecule has 0 unspecified atom stereocenters. The van der Waals surface area contributed by atoms with E-state index >= 15 is 0 Å². The van der Waals surface area contributed by atoms with Gasteiger partial charge in [0.15, 0.2) is 6.10 Å². The van der Waals surface area contributed by atoms with Crippen LogP contribution in [0, 0.1) is 6.92 Å². The zero-order valence-electron chi connectivity index (χ0n) is 12.6. The molecule has 0 radical (unpaired) electrons. The van der Waals surface area contributed by atoms with Gasteiger partial charge in [-0.05, 0) is 55.8 Å². The summed E-state index contributed by atoms with van der Waals surface area (Å²) in [5.41, 5.74) is 1.78. The number of benzene rings is 2. The van der Waals surface area contributed by atoms with E-state index in [-0.39, 0.29) is 0 Å². The maximum Gasteiger partial charge on any atom is 0.338 e. The highest BCUT2D eigenvalue weighted by Crippen LogP contribution is 2.20. The van der Waals surface area contributed by atoms with Crippen LogP contribution in [-0.2, 0) is 9.53 Å². The van der Waals surface area contributed by atoms with Crippen LogP contribution in [0.2, 0.25) is 10.0 Å². The van der Waals surface area contributed by atoms with Crippen LogP contribution in [0.5, 0.6) is 0 Å². The van der Waals surface area contributed by atoms with Crippen LogP contribution in [0.25, 0.3) is 0 Å². The average Bonchev–Trinajstić information content (AvgIpc) is 2.51. The minimum atomic E-state index is -0.946. The summed E-state index contributed by atoms with van der Waals surface area (Å²) in [4.78, 5) is 24.0. The minimum absolute atomic E-state index is 0.326. The van der Waals surface area contributed by atoms with Crippen LogP contribution in [0.4, 0.5) is 5.69 Å². The number of esters is 1. The van der Waals surface area contributed by atoms with Crippen LogP contribution in [0.1, 0.15) is 22.8 Å². The molecule has 1 amide bonds. The molecule has 1 atom stereocenters. The molecule has 0 spiro atoms. The van der Waals surface area contributed by atoms with Crippen molar-refractivity contribution in [1.29, 1.82) is 0 Å². The Morgan fingerprint density at radius 1 is 1.09 bits per heavy atom. The van der Waals surface area contributed by atoms with E-state index in [2.05, 4.69) is 5.32 Å². The molecule has 0 aromatic heterocycles. The number of hydrogen-bond donors (Lipinski definition) is 1. The van der Waals surface area contributed by atoms with Gasteiger partial charge in [-0.15, -0.1) is 0 Å². The van der Waals surface area contributed by atoms with E-state index in [1.165, 1.54) is 19.1 Å². The zero-order valence-corrected chi connectivity index (χ0v) is 14.1. The highest BCUT2D eigenvalue weighted by Gasteiger charge is 2.19. The molecule has 0 aliphatic heterocycles. The Kier molecular flexibility index (Phi) is 5.64. The van der Waals surface area contributed by atoms with Gasteiger partial charge in [0, 0.05) is 15.7 Å². The largest absolute Gasteiger partial charge is 0.449 e. The van der Waals surface area contributed by atoms with Crippen molar-refractivity contribution < 1.29 is 14.3 Å². The molecule has 6 heteroatoms. The van der Waals surface area contributed by atoms with Crippen molar-refractivity contribution in [1.82, 2.24) is 0 Å². The topological polar surface area (TPSA) is 55.4 Å². The van der Waals surface area contributed by atoms with Gasteiger partial charge in [0.25, 0.3) is 5.91 Å². The van der Waals surface area contributed by atoms with Gasteiger partial charge in [-0.3, -0.25) is 4.79 Å². The molecule has 0 aliphatic rings. The molecular weight excluding hydrogens is 337 g/mol. The lowest BCUT2D eigenvalue weighted by Gasteiger charge is -2.14. The fourth-order valence-electron chi connectivity index (χ4n) is 1.78. The van der Waals surface area contributed by atoms with E-state index in [1.54, 1.807) is 30.3 Å². The van der Waals surface area contributed by atoms with Crippen molar-refractivity contribution in [3.8, 4) is 0 Å². The summed E-state index contributed by atoms with van der Waals surface area (Å²) in [6.07, 6.45) is -0.946. The summed E-state index contributed by atoms with van der Waals surface area (Å²) < 4.78 is 5.14. The van der Waals surface area contributed by atoms with Crippen LogP contribution in [0.3, 0.4) is 0 Å². The molecule has 0 bridgehead atoms. The van der Waals surface area contributed by atoms with Crippen molar-refractivity contribution in [2.75, 3.05) is 5.32 Å². The summed E-state index contributed by atoms with van der Waals surface area (Å²) in [5.74, 6) is -1.03. The minimum Gasteiger partial charge on any atom is -0.449 e. The van der Waals surface area contributed by atoms with Gasteiger partial charge >= 0.3 is 5.97 Å². The lowest BCUT2D eigenvalue weighted by Crippen LogP contribution is -2.30. The molecule has 0 heterocycles. The third kappa shape index (κ3) is 4.71. The highest BCUT2D eigenvalue weighted by molar-refractivity contribution is 6.31. The van der Waals surface area contributed by atoms with Gasteiger partial charge in [-0.1, -0.05) is 29.3 Å². The Hall–Kier alpha value is -2.04. The first-order chi connectivity index (χ1) is 10.9. The van der Waals surface area contributed by atoms with Gasteiger partial charge in [-0.25, -0.2) is 4.79 Å². The summed E-state index contributed by atoms with van der Waals surface area (Å²) in [6.45, 7) is 3.36. The second kappa shape index (κ2) is 7.49. The van der Waals surface area contributed by atoms with E-state index in [0.717, 1.165) is 5.56 Å². The number of carbonyl (C=O) groups excluding carboxylic acids is 2. The standard InChI is InChI=1S/C17H15Cl2NO3/c1-10-3-8-14(9-15(10)19)20-16(21)11(2)23-17(22)12-4-6-13(18)7-5-12/h3-9,11H,1-2H3,(H,20,21)/t11-/m0/s1. The van der Waals surface area contributed by atoms with Crippen LogP contribution in [0.15, 0.2) is 42.5 Å². The maximum atomic E-state index is 12.1. The van der Waals surface area contributed by atoms with Gasteiger partial charge in [0.2, 0.25) is 0 Å². The van der Waals surface area contributed by atoms with E-state index < -0.39 is 18.0 Å². The molecule has 2 rings (SSSR count). The molecule has 0 fully saturated rings. The molecule has 2 aromatic rings. The second-order valence-corrected chi connectivity index (χ2v) is 5.85. The fraction of sp³-hybridized carbons (Fsp3) is 0.176. The summed E-state index contributed by atoms with van der Waals surface area (Å²) in [7, 11) is 0. The number of rotatable bonds is 4. The molecular formula is C17H15Cl2NO3. The van der Waals surface area contributed by atoms with Crippen molar-refractivity contribution in [2.45, 2.75) is 20.0 Å². The molecule has 1 N–H and O–H groups in total. The third-order valence-electron chi connectivity index (χ3n) is 3.17. The number of anilines is 1. The van der Waals surface area contributed by atoms with Crippen molar-refractivity contribution in [3.05, 3.63) is 63.6 Å². The second-order valence-electron chi connectivity index (χ2n) is 5.01. The molecule has 120 valence electrons. The predicted octanol–water partition coefficient (Wildman–Crippen LogP) is 4.49. The number of aryl methyl sites for hydroxylation is 1. The van der Waals surface area contributed by atoms with E-state index in [9.17, 15) is 9.59 Å². The fourth-order valence-corrected chi connectivity index (χ4v) is 2.09. The van der Waals surface area contributed by atoms with Gasteiger partial charge in [0.1, 0.15) is 0 Å². The monoisotopic (exact) mass is 351 g/mol. The number of hydrogen-bond acceptors (Lipinski definition) is 3. The molecule has 23 heavy (non-hydrogen) atoms. The SMILES string of the molecule is Cc1ccc(NC(=O)[C@H](C)OC(=O)c2ccc(Cl)cc2)cc1Cl. The predicted molar refractivity (Wildman–Crippen MR) is 91.1 cm³/mol. The Morgan fingerprint density at radius 3 is 2.35 bits per heavy atom. The normalized spacial score (nSPS) is 11.7. The lowest BCUT2D eigenvalue weighted by atomic mass is 10.2. The summed E-state index contributed by atoms with van der Waals surface area (Å²) in [6, 6.07) is 11.4. The maximum absolute atomic E-state index is 12.1. The Morgan fingerprint density at radius 2 is 1.74 bits per heavy atom. The summed E-state index contributed by atoms with van der Waals surface area (Å²) in [5, 5.41) is 3.72. The first-order valence-electron chi connectivity index (χ1n) is 6.90. The van der Waals surface area contributed by atoms with Gasteiger partial charge in [-0.2, -0.15) is 0 Å². The van der Waals surface area contributed by atoms with Crippen molar-refractivity contribution in [2.24, 2.45) is 0 Å². The third-order valence-corrected chi connectivity index (χ3v) is 3.83. The van der Waals surface area contributed by atoms with E-state index in [1.807, 2.05) is 6.92 Å². The Bertz CT molecular complexity index is 729. The molecule has 2 aromatic carbocycles. The Balaban J connectivity index is 1.97. The number of halogens is 2. The average molecular weight is 352 g/mol. The molecule has 4 nitrogen and oxygen atoms in total. The van der Waals surface area contributed by atoms with Gasteiger partial charge in [0.05, 0.1) is 5.56 Å². The molecule has 0 aliphatic carbocycles. The van der Waals surface area contributed by atoms with Crippen LogP contribution < -0.4 is 5.32 Å². The molecule has 0 saturated heterocycles. The highest BCUT2D eigenvalue weighted by atomic mass is 35.5. The number of amides is 1. The van der Waals surface area contributed by atoms with E-state index in [4.69, 9.17) is 27.9 Å². The summed E-state index contributed by atoms with van der Waals surface area (Å²) >= 11 is 11.8. The Labute approximate surface area is 144 Å². The number of carbonyl (C=O) groups is 2. The van der Waals surface area contributed by atoms with Crippen LogP contribution >= 0.6 is 23.2 Å². The quantitative estimate of drug-likeness (QED) is 0.825. The smallest absolute Gasteiger partial charge is 0.338 e. The first-order valence-corrected chi connectivity index (χ1v) is 7.66. The lowest BCUT2D eigenvalue weighted by molar-refractivity contribution is -0.123. The van der Waals surface area contributed by atoms with Crippen molar-refractivity contribution in [3.63, 3.8) is 0 Å². The molecule has 0 saturated carbocycles. The van der Waals surface area contributed by atoms with Gasteiger partial charge < -0.3 is 10.1 Å².